The highest BCUT2D eigenvalue weighted by atomic mass is 32.2. The molecule has 0 radical (unpaired) electrons. The number of rotatable bonds is 13. The van der Waals surface area contributed by atoms with Gasteiger partial charge in [0, 0.05) is 24.4 Å². The van der Waals surface area contributed by atoms with Gasteiger partial charge in [0.15, 0.2) is 6.10 Å². The summed E-state index contributed by atoms with van der Waals surface area (Å²) in [5.41, 5.74) is -1.27. The molecule has 4 rings (SSSR count). The van der Waals surface area contributed by atoms with Crippen LogP contribution < -0.4 is 0 Å². The second-order valence-electron chi connectivity index (χ2n) is 12.1. The van der Waals surface area contributed by atoms with Crippen LogP contribution in [-0.2, 0) is 57.7 Å². The molecule has 42 heavy (non-hydrogen) atoms. The molecule has 1 aliphatic heterocycles. The molecule has 4 aliphatic rings. The maximum absolute atomic E-state index is 13.7. The molecule has 1 N–H and O–H groups in total. The van der Waals surface area contributed by atoms with E-state index >= 15 is 0 Å². The zero-order chi connectivity index (χ0) is 31.3. The molecule has 1 saturated heterocycles. The molecule has 0 amide bonds. The number of alkyl halides is 2. The minimum atomic E-state index is -5.84. The fraction of sp³-hybridized carbons (Fsp3) is 0.846. The third-order valence-electron chi connectivity index (χ3n) is 9.10. The average molecular weight is 627 g/mol. The lowest BCUT2D eigenvalue weighted by Crippen LogP contribution is -2.51. The molecule has 0 spiro atoms. The molecule has 238 valence electrons. The van der Waals surface area contributed by atoms with E-state index in [4.69, 9.17) is 28.2 Å². The monoisotopic (exact) mass is 626 g/mol. The Labute approximate surface area is 241 Å². The van der Waals surface area contributed by atoms with E-state index in [-0.39, 0.29) is 5.92 Å². The van der Waals surface area contributed by atoms with Crippen LogP contribution in [0.25, 0.3) is 0 Å². The maximum atomic E-state index is 13.7. The van der Waals surface area contributed by atoms with Crippen molar-refractivity contribution in [2.45, 2.75) is 82.0 Å². The van der Waals surface area contributed by atoms with Gasteiger partial charge >= 0.3 is 39.2 Å². The molecule has 7 unspecified atom stereocenters. The molecule has 7 atom stereocenters. The van der Waals surface area contributed by atoms with E-state index < -0.39 is 99.5 Å². The number of carbonyl (C=O) groups is 4. The molecule has 13 nitrogen and oxygen atoms in total. The van der Waals surface area contributed by atoms with Crippen molar-refractivity contribution in [1.29, 1.82) is 0 Å². The fourth-order valence-electron chi connectivity index (χ4n) is 7.00. The smallest absolute Gasteiger partial charge is 0.405 e. The lowest BCUT2D eigenvalue weighted by atomic mass is 9.73. The van der Waals surface area contributed by atoms with Crippen LogP contribution in [0.2, 0.25) is 0 Å². The van der Waals surface area contributed by atoms with E-state index in [0.29, 0.717) is 32.8 Å². The first-order chi connectivity index (χ1) is 19.5. The SMILES string of the molecule is COCC(C)(C)C1(OC(=O)C2C3CC4C(OC(=O)C42)C3OC(=O)COCC(=O)OC(C)C(F)(F)S(=O)(=O)O)CCCC1. The number of fused-ring (bicyclic) bond motifs is 1. The van der Waals surface area contributed by atoms with Crippen LogP contribution in [0.5, 0.6) is 0 Å². The van der Waals surface area contributed by atoms with E-state index in [9.17, 15) is 36.4 Å². The summed E-state index contributed by atoms with van der Waals surface area (Å²) in [6.45, 7) is 3.03. The molecule has 2 bridgehead atoms. The van der Waals surface area contributed by atoms with E-state index in [1.165, 1.54) is 0 Å². The van der Waals surface area contributed by atoms with Crippen LogP contribution >= 0.6 is 0 Å². The van der Waals surface area contributed by atoms with Crippen LogP contribution in [-0.4, -0.2) is 92.9 Å². The summed E-state index contributed by atoms with van der Waals surface area (Å²) in [7, 11) is -4.26. The highest BCUT2D eigenvalue weighted by Gasteiger charge is 2.70. The van der Waals surface area contributed by atoms with Gasteiger partial charge in [0.1, 0.15) is 31.0 Å². The van der Waals surface area contributed by atoms with Crippen molar-refractivity contribution in [2.24, 2.45) is 29.1 Å². The van der Waals surface area contributed by atoms with Gasteiger partial charge in [-0.25, -0.2) is 9.59 Å². The largest absolute Gasteiger partial charge is 0.458 e. The Balaban J connectivity index is 1.36. The van der Waals surface area contributed by atoms with Crippen LogP contribution in [0.3, 0.4) is 0 Å². The number of ether oxygens (including phenoxy) is 6. The normalized spacial score (nSPS) is 30.6. The summed E-state index contributed by atoms with van der Waals surface area (Å²) in [6, 6.07) is 0. The zero-order valence-corrected chi connectivity index (χ0v) is 24.5. The Morgan fingerprint density at radius 2 is 1.74 bits per heavy atom. The third-order valence-corrected chi connectivity index (χ3v) is 10.1. The van der Waals surface area contributed by atoms with Gasteiger partial charge in [0.05, 0.1) is 18.4 Å². The molecule has 4 fully saturated rings. The van der Waals surface area contributed by atoms with Gasteiger partial charge in [0.25, 0.3) is 0 Å². The predicted molar refractivity (Wildman–Crippen MR) is 134 cm³/mol. The second-order valence-corrected chi connectivity index (χ2v) is 13.6. The van der Waals surface area contributed by atoms with E-state index in [0.717, 1.165) is 12.8 Å². The highest BCUT2D eigenvalue weighted by molar-refractivity contribution is 7.86. The average Bonchev–Trinajstić information content (AvgIpc) is 3.62. The summed E-state index contributed by atoms with van der Waals surface area (Å²) in [5, 5.41) is -4.76. The van der Waals surface area contributed by atoms with Gasteiger partial charge in [-0.15, -0.1) is 0 Å². The maximum Gasteiger partial charge on any atom is 0.405 e. The van der Waals surface area contributed by atoms with E-state index in [1.54, 1.807) is 7.11 Å². The van der Waals surface area contributed by atoms with Gasteiger partial charge in [-0.2, -0.15) is 17.2 Å². The minimum Gasteiger partial charge on any atom is -0.458 e. The van der Waals surface area contributed by atoms with Crippen LogP contribution in [0.4, 0.5) is 8.78 Å². The number of esters is 4. The van der Waals surface area contributed by atoms with Crippen molar-refractivity contribution in [3.05, 3.63) is 0 Å². The molecular formula is C26H36F2O13S. The number of carbonyl (C=O) groups excluding carboxylic acids is 4. The summed E-state index contributed by atoms with van der Waals surface area (Å²) in [5.74, 6) is -5.98. The summed E-state index contributed by atoms with van der Waals surface area (Å²) in [4.78, 5) is 50.7. The molecule has 16 heteroatoms. The van der Waals surface area contributed by atoms with Crippen molar-refractivity contribution >= 4 is 34.0 Å². The first kappa shape index (κ1) is 32.5. The van der Waals surface area contributed by atoms with E-state index in [2.05, 4.69) is 4.74 Å². The molecule has 0 aromatic heterocycles. The van der Waals surface area contributed by atoms with Gasteiger partial charge in [-0.1, -0.05) is 13.8 Å². The van der Waals surface area contributed by atoms with Crippen LogP contribution in [0.15, 0.2) is 0 Å². The first-order valence-corrected chi connectivity index (χ1v) is 15.1. The summed E-state index contributed by atoms with van der Waals surface area (Å²) < 4.78 is 89.0. The quantitative estimate of drug-likeness (QED) is 0.177. The van der Waals surface area contributed by atoms with Gasteiger partial charge in [-0.3, -0.25) is 14.1 Å². The zero-order valence-electron chi connectivity index (χ0n) is 23.7. The second kappa shape index (κ2) is 11.6. The van der Waals surface area contributed by atoms with Crippen molar-refractivity contribution in [3.8, 4) is 0 Å². The lowest BCUT2D eigenvalue weighted by Gasteiger charge is -2.44. The Hall–Kier alpha value is -2.43. The van der Waals surface area contributed by atoms with Crippen LogP contribution in [0, 0.1) is 29.1 Å². The number of halogens is 2. The standard InChI is InChI=1S/C26H36F2O13S/c1-13(26(27,28)42(33,34)35)38-16(29)10-37-11-17(30)39-20-15-9-14-18(22(31)40-21(14)20)19(15)23(32)41-25(7-5-6-8-25)24(2,3)12-36-4/h13-15,18-21H,5-12H2,1-4H3,(H,33,34,35). The number of hydrogen-bond donors (Lipinski definition) is 1. The number of methoxy groups -OCH3 is 1. The van der Waals surface area contributed by atoms with Crippen molar-refractivity contribution in [3.63, 3.8) is 0 Å². The van der Waals surface area contributed by atoms with Crippen molar-refractivity contribution < 1.29 is 69.4 Å². The lowest BCUT2D eigenvalue weighted by molar-refractivity contribution is -0.191. The minimum absolute atomic E-state index is 0.341. The third kappa shape index (κ3) is 5.74. The van der Waals surface area contributed by atoms with Gasteiger partial charge in [-0.05, 0) is 39.0 Å². The Kier molecular flexibility index (Phi) is 8.96. The molecule has 0 aromatic carbocycles. The Morgan fingerprint density at radius 1 is 1.12 bits per heavy atom. The fourth-order valence-corrected chi connectivity index (χ4v) is 7.47. The first-order valence-electron chi connectivity index (χ1n) is 13.7. The topological polar surface area (TPSA) is 178 Å². The van der Waals surface area contributed by atoms with Gasteiger partial charge < -0.3 is 28.4 Å². The molecule has 3 aliphatic carbocycles. The summed E-state index contributed by atoms with van der Waals surface area (Å²) in [6.07, 6.45) is -0.788. The molecular weight excluding hydrogens is 590 g/mol. The highest BCUT2D eigenvalue weighted by Crippen LogP contribution is 2.60. The van der Waals surface area contributed by atoms with Crippen LogP contribution in [0.1, 0.15) is 52.9 Å². The van der Waals surface area contributed by atoms with Crippen molar-refractivity contribution in [2.75, 3.05) is 26.9 Å². The Morgan fingerprint density at radius 3 is 2.33 bits per heavy atom. The molecule has 1 heterocycles. The Bertz CT molecular complexity index is 1200. The summed E-state index contributed by atoms with van der Waals surface area (Å²) >= 11 is 0. The van der Waals surface area contributed by atoms with Gasteiger partial charge in [0.2, 0.25) is 0 Å². The predicted octanol–water partition coefficient (Wildman–Crippen LogP) is 1.66. The number of hydrogen-bond acceptors (Lipinski definition) is 12. The van der Waals surface area contributed by atoms with Crippen molar-refractivity contribution in [1.82, 2.24) is 0 Å². The van der Waals surface area contributed by atoms with E-state index in [1.807, 2.05) is 13.8 Å². The molecule has 0 aromatic rings. The molecule has 3 saturated carbocycles.